The average molecular weight is 320 g/mol. The fourth-order valence-electron chi connectivity index (χ4n) is 3.39. The first kappa shape index (κ1) is 14.8. The van der Waals surface area contributed by atoms with E-state index in [1.165, 1.54) is 11.2 Å². The molecule has 3 aromatic rings. The van der Waals surface area contributed by atoms with Crippen molar-refractivity contribution in [3.05, 3.63) is 59.3 Å². The molecule has 0 bridgehead atoms. The van der Waals surface area contributed by atoms with E-state index in [1.807, 2.05) is 36.1 Å². The number of rotatable bonds is 3. The van der Waals surface area contributed by atoms with Crippen LogP contribution in [0.25, 0.3) is 10.9 Å². The number of carbonyl (C=O) groups excluding carboxylic acids is 1. The van der Waals surface area contributed by atoms with E-state index in [0.29, 0.717) is 13.2 Å². The van der Waals surface area contributed by atoms with Gasteiger partial charge in [-0.15, -0.1) is 0 Å². The molecule has 1 amide bonds. The highest BCUT2D eigenvalue weighted by molar-refractivity contribution is 6.10. The summed E-state index contributed by atoms with van der Waals surface area (Å²) in [5.74, 6) is 0.791. The predicted octanol–water partition coefficient (Wildman–Crippen LogP) is 4.05. The molecule has 0 saturated heterocycles. The quantitative estimate of drug-likeness (QED) is 0.730. The Morgan fingerprint density at radius 1 is 1.12 bits per heavy atom. The van der Waals surface area contributed by atoms with Crippen molar-refractivity contribution >= 4 is 22.5 Å². The Kier molecular flexibility index (Phi) is 3.34. The van der Waals surface area contributed by atoms with Crippen LogP contribution in [0.2, 0.25) is 0 Å². The third-order valence-electron chi connectivity index (χ3n) is 4.77. The lowest BCUT2D eigenvalue weighted by atomic mass is 10.1. The second kappa shape index (κ2) is 5.41. The summed E-state index contributed by atoms with van der Waals surface area (Å²) in [7, 11) is 2.06. The van der Waals surface area contributed by atoms with Crippen LogP contribution in [0, 0.1) is 6.92 Å². The van der Waals surface area contributed by atoms with E-state index in [9.17, 15) is 4.79 Å². The molecule has 0 unspecified atom stereocenters. The molecule has 4 rings (SSSR count). The normalized spacial score (nSPS) is 13.6. The Morgan fingerprint density at radius 3 is 2.75 bits per heavy atom. The lowest BCUT2D eigenvalue weighted by Crippen LogP contribution is -2.22. The number of fused-ring (bicyclic) bond motifs is 2. The Bertz CT molecular complexity index is 956. The van der Waals surface area contributed by atoms with E-state index in [0.717, 1.165) is 28.0 Å². The van der Waals surface area contributed by atoms with Gasteiger partial charge in [0.15, 0.2) is 0 Å². The van der Waals surface area contributed by atoms with Crippen molar-refractivity contribution in [2.75, 3.05) is 11.5 Å². The average Bonchev–Trinajstić information content (AvgIpc) is 3.05. The zero-order valence-electron chi connectivity index (χ0n) is 14.2. The van der Waals surface area contributed by atoms with E-state index in [-0.39, 0.29) is 5.91 Å². The number of ether oxygens (including phenoxy) is 1. The van der Waals surface area contributed by atoms with Crippen LogP contribution in [-0.4, -0.2) is 17.1 Å². The summed E-state index contributed by atoms with van der Waals surface area (Å²) in [6.45, 7) is 5.24. The summed E-state index contributed by atoms with van der Waals surface area (Å²) in [6.07, 6.45) is 0. The predicted molar refractivity (Wildman–Crippen MR) is 95.8 cm³/mol. The van der Waals surface area contributed by atoms with E-state index >= 15 is 0 Å². The second-order valence-electron chi connectivity index (χ2n) is 6.23. The van der Waals surface area contributed by atoms with Crippen molar-refractivity contribution in [3.8, 4) is 5.75 Å². The second-order valence-corrected chi connectivity index (χ2v) is 6.23. The molecule has 1 aromatic heterocycles. The highest BCUT2D eigenvalue weighted by Crippen LogP contribution is 2.32. The number of nitrogens with zero attached hydrogens (tertiary/aromatic N) is 2. The van der Waals surface area contributed by atoms with Gasteiger partial charge < -0.3 is 14.2 Å². The van der Waals surface area contributed by atoms with Crippen LogP contribution in [0.15, 0.2) is 42.5 Å². The largest absolute Gasteiger partial charge is 0.494 e. The van der Waals surface area contributed by atoms with Gasteiger partial charge in [-0.25, -0.2) is 0 Å². The first-order chi connectivity index (χ1) is 11.6. The van der Waals surface area contributed by atoms with Crippen molar-refractivity contribution < 1.29 is 9.53 Å². The minimum Gasteiger partial charge on any atom is -0.494 e. The van der Waals surface area contributed by atoms with E-state index in [2.05, 4.69) is 36.7 Å². The molecule has 0 fully saturated rings. The van der Waals surface area contributed by atoms with Gasteiger partial charge in [0.2, 0.25) is 0 Å². The summed E-state index contributed by atoms with van der Waals surface area (Å²) in [5, 5.41) is 1.16. The van der Waals surface area contributed by atoms with Gasteiger partial charge in [0, 0.05) is 34.9 Å². The maximum absolute atomic E-state index is 12.8. The van der Waals surface area contributed by atoms with Crippen molar-refractivity contribution in [3.63, 3.8) is 0 Å². The standard InChI is InChI=1S/C20H20N2O2/c1-4-24-17-7-5-14-12-22(20(23)18(14)11-17)16-6-8-19-15(10-16)9-13(2)21(19)3/h5-11H,4,12H2,1-3H3. The molecule has 0 spiro atoms. The molecule has 2 aromatic carbocycles. The number of benzene rings is 2. The van der Waals surface area contributed by atoms with Crippen molar-refractivity contribution in [1.29, 1.82) is 0 Å². The van der Waals surface area contributed by atoms with Crippen LogP contribution in [0.3, 0.4) is 0 Å². The van der Waals surface area contributed by atoms with Gasteiger partial charge in [0.05, 0.1) is 13.2 Å². The van der Waals surface area contributed by atoms with Crippen molar-refractivity contribution in [1.82, 2.24) is 4.57 Å². The van der Waals surface area contributed by atoms with Crippen molar-refractivity contribution in [2.45, 2.75) is 20.4 Å². The Morgan fingerprint density at radius 2 is 1.96 bits per heavy atom. The summed E-state index contributed by atoms with van der Waals surface area (Å²) in [5.41, 5.74) is 5.11. The molecule has 4 heteroatoms. The Balaban J connectivity index is 1.72. The van der Waals surface area contributed by atoms with Crippen LogP contribution in [0.4, 0.5) is 5.69 Å². The SMILES string of the molecule is CCOc1ccc2c(c1)C(=O)N(c1ccc3c(c1)cc(C)n3C)C2. The number of aromatic nitrogens is 1. The van der Waals surface area contributed by atoms with E-state index < -0.39 is 0 Å². The van der Waals surface area contributed by atoms with Gasteiger partial charge in [-0.2, -0.15) is 0 Å². The molecule has 0 N–H and O–H groups in total. The van der Waals surface area contributed by atoms with Gasteiger partial charge in [-0.05, 0) is 55.8 Å². The highest BCUT2D eigenvalue weighted by atomic mass is 16.5. The molecule has 122 valence electrons. The molecule has 4 nitrogen and oxygen atoms in total. The highest BCUT2D eigenvalue weighted by Gasteiger charge is 2.29. The lowest BCUT2D eigenvalue weighted by molar-refractivity contribution is 0.0996. The van der Waals surface area contributed by atoms with Gasteiger partial charge in [-0.3, -0.25) is 4.79 Å². The van der Waals surface area contributed by atoms with Gasteiger partial charge in [0.25, 0.3) is 5.91 Å². The van der Waals surface area contributed by atoms with Crippen LogP contribution in [0.5, 0.6) is 5.75 Å². The van der Waals surface area contributed by atoms with Crippen LogP contribution in [0.1, 0.15) is 28.5 Å². The smallest absolute Gasteiger partial charge is 0.259 e. The molecule has 0 saturated carbocycles. The van der Waals surface area contributed by atoms with Gasteiger partial charge in [0.1, 0.15) is 5.75 Å². The van der Waals surface area contributed by atoms with E-state index in [1.54, 1.807) is 0 Å². The first-order valence-corrected chi connectivity index (χ1v) is 8.22. The number of aryl methyl sites for hydroxylation is 2. The molecule has 1 aliphatic heterocycles. The maximum atomic E-state index is 12.8. The van der Waals surface area contributed by atoms with Crippen LogP contribution in [-0.2, 0) is 13.6 Å². The molecule has 0 radical (unpaired) electrons. The fraction of sp³-hybridized carbons (Fsp3) is 0.250. The molecule has 0 atom stereocenters. The molecule has 2 heterocycles. The number of hydrogen-bond donors (Lipinski definition) is 0. The minimum atomic E-state index is 0.0403. The molecule has 24 heavy (non-hydrogen) atoms. The molecule has 0 aliphatic carbocycles. The zero-order valence-corrected chi connectivity index (χ0v) is 14.2. The van der Waals surface area contributed by atoms with Crippen LogP contribution >= 0.6 is 0 Å². The Hall–Kier alpha value is -2.75. The van der Waals surface area contributed by atoms with Crippen LogP contribution < -0.4 is 9.64 Å². The molecular formula is C20H20N2O2. The lowest BCUT2D eigenvalue weighted by Gasteiger charge is -2.16. The number of hydrogen-bond acceptors (Lipinski definition) is 2. The number of amides is 1. The minimum absolute atomic E-state index is 0.0403. The fourth-order valence-corrected chi connectivity index (χ4v) is 3.39. The number of carbonyl (C=O) groups is 1. The third-order valence-corrected chi connectivity index (χ3v) is 4.77. The Labute approximate surface area is 141 Å². The zero-order chi connectivity index (χ0) is 16.8. The summed E-state index contributed by atoms with van der Waals surface area (Å²) < 4.78 is 7.68. The topological polar surface area (TPSA) is 34.5 Å². The van der Waals surface area contributed by atoms with Gasteiger partial charge in [-0.1, -0.05) is 6.07 Å². The first-order valence-electron chi connectivity index (χ1n) is 8.22. The van der Waals surface area contributed by atoms with E-state index in [4.69, 9.17) is 4.74 Å². The summed E-state index contributed by atoms with van der Waals surface area (Å²) >= 11 is 0. The van der Waals surface area contributed by atoms with Gasteiger partial charge >= 0.3 is 0 Å². The molecule has 1 aliphatic rings. The third kappa shape index (κ3) is 2.18. The monoisotopic (exact) mass is 320 g/mol. The number of anilines is 1. The maximum Gasteiger partial charge on any atom is 0.259 e. The molecular weight excluding hydrogens is 300 g/mol. The summed E-state index contributed by atoms with van der Waals surface area (Å²) in [4.78, 5) is 14.7. The summed E-state index contributed by atoms with van der Waals surface area (Å²) in [6, 6.07) is 14.1. The van der Waals surface area contributed by atoms with Crippen molar-refractivity contribution in [2.24, 2.45) is 7.05 Å².